The van der Waals surface area contributed by atoms with Crippen LogP contribution in [0, 0.1) is 17.6 Å². The molecule has 0 heterocycles. The Morgan fingerprint density at radius 1 is 1.33 bits per heavy atom. The number of carboxylic acids is 1. The van der Waals surface area contributed by atoms with Crippen LogP contribution in [0.2, 0.25) is 0 Å². The largest absolute Gasteiger partial charge is 0.481 e. The summed E-state index contributed by atoms with van der Waals surface area (Å²) in [6.45, 7) is 3.19. The molecule has 1 N–H and O–H groups in total. The summed E-state index contributed by atoms with van der Waals surface area (Å²) < 4.78 is 26.8. The molecule has 116 valence electrons. The average molecular weight is 299 g/mol. The van der Waals surface area contributed by atoms with Crippen LogP contribution in [0.4, 0.5) is 14.5 Å². The molecule has 1 atom stereocenters. The predicted octanol–water partition coefficient (Wildman–Crippen LogP) is 3.21. The van der Waals surface area contributed by atoms with Crippen LogP contribution < -0.4 is 4.90 Å². The van der Waals surface area contributed by atoms with Crippen LogP contribution in [0.25, 0.3) is 0 Å². The van der Waals surface area contributed by atoms with Crippen molar-refractivity contribution in [2.75, 3.05) is 11.4 Å². The maximum atomic E-state index is 13.9. The van der Waals surface area contributed by atoms with Gasteiger partial charge in [0.1, 0.15) is 11.6 Å². The number of hydrogen-bond donors (Lipinski definition) is 1. The molecule has 0 saturated heterocycles. The number of benzene rings is 1. The molecule has 0 aliphatic rings. The number of aliphatic carboxylic acids is 1. The highest BCUT2D eigenvalue weighted by molar-refractivity contribution is 5.94. The molecule has 4 nitrogen and oxygen atoms in total. The number of unbranched alkanes of at least 4 members (excludes halogenated alkanes) is 1. The molecule has 0 aromatic heterocycles. The number of carbonyl (C=O) groups is 2. The van der Waals surface area contributed by atoms with E-state index in [-0.39, 0.29) is 24.6 Å². The van der Waals surface area contributed by atoms with Gasteiger partial charge in [0.05, 0.1) is 11.6 Å². The Hall–Kier alpha value is -1.98. The second-order valence-electron chi connectivity index (χ2n) is 4.94. The molecule has 1 unspecified atom stereocenters. The van der Waals surface area contributed by atoms with Gasteiger partial charge < -0.3 is 10.0 Å². The van der Waals surface area contributed by atoms with Gasteiger partial charge in [0.25, 0.3) is 0 Å². The minimum atomic E-state index is -1.08. The van der Waals surface area contributed by atoms with E-state index in [1.165, 1.54) is 6.92 Å². The molecule has 0 aliphatic carbocycles. The zero-order valence-electron chi connectivity index (χ0n) is 12.1. The first-order valence-electron chi connectivity index (χ1n) is 6.85. The lowest BCUT2D eigenvalue weighted by Gasteiger charge is -2.25. The van der Waals surface area contributed by atoms with Gasteiger partial charge in [-0.3, -0.25) is 9.59 Å². The van der Waals surface area contributed by atoms with Crippen LogP contribution in [0.3, 0.4) is 0 Å². The standard InChI is InChI=1S/C15H19F2NO3/c1-3-4-5-14(19)18(9-10(2)15(20)21)13-7-6-11(16)8-12(13)17/h6-8,10H,3-5,9H2,1-2H3,(H,20,21). The van der Waals surface area contributed by atoms with Crippen molar-refractivity contribution in [3.8, 4) is 0 Å². The fourth-order valence-corrected chi connectivity index (χ4v) is 1.85. The fraction of sp³-hybridized carbons (Fsp3) is 0.467. The first-order valence-corrected chi connectivity index (χ1v) is 6.85. The Kier molecular flexibility index (Phi) is 6.27. The van der Waals surface area contributed by atoms with E-state index in [2.05, 4.69) is 0 Å². The first kappa shape index (κ1) is 17.1. The predicted molar refractivity (Wildman–Crippen MR) is 75.0 cm³/mol. The monoisotopic (exact) mass is 299 g/mol. The Labute approximate surface area is 122 Å². The topological polar surface area (TPSA) is 57.6 Å². The van der Waals surface area contributed by atoms with E-state index in [1.807, 2.05) is 6.92 Å². The molecular weight excluding hydrogens is 280 g/mol. The van der Waals surface area contributed by atoms with Gasteiger partial charge in [-0.2, -0.15) is 0 Å². The summed E-state index contributed by atoms with van der Waals surface area (Å²) in [5.74, 6) is -3.91. The molecular formula is C15H19F2NO3. The number of carbonyl (C=O) groups excluding carboxylic acids is 1. The highest BCUT2D eigenvalue weighted by atomic mass is 19.1. The summed E-state index contributed by atoms with van der Waals surface area (Å²) in [6, 6.07) is 2.88. The second kappa shape index (κ2) is 7.71. The summed E-state index contributed by atoms with van der Waals surface area (Å²) >= 11 is 0. The highest BCUT2D eigenvalue weighted by Crippen LogP contribution is 2.22. The van der Waals surface area contributed by atoms with Crippen molar-refractivity contribution in [2.45, 2.75) is 33.1 Å². The van der Waals surface area contributed by atoms with Crippen molar-refractivity contribution in [2.24, 2.45) is 5.92 Å². The van der Waals surface area contributed by atoms with E-state index in [0.717, 1.165) is 23.5 Å². The zero-order valence-corrected chi connectivity index (χ0v) is 12.1. The number of hydrogen-bond acceptors (Lipinski definition) is 2. The lowest BCUT2D eigenvalue weighted by Crippen LogP contribution is -2.37. The minimum Gasteiger partial charge on any atom is -0.481 e. The number of carboxylic acid groups (broad SMARTS) is 1. The smallest absolute Gasteiger partial charge is 0.308 e. The summed E-state index contributed by atoms with van der Waals surface area (Å²) in [7, 11) is 0. The fourth-order valence-electron chi connectivity index (χ4n) is 1.85. The molecule has 0 aliphatic heterocycles. The molecule has 1 rings (SSSR count). The van der Waals surface area contributed by atoms with Crippen LogP contribution >= 0.6 is 0 Å². The van der Waals surface area contributed by atoms with Crippen LogP contribution in [0.5, 0.6) is 0 Å². The lowest BCUT2D eigenvalue weighted by atomic mass is 10.1. The Bertz CT molecular complexity index is 520. The molecule has 0 bridgehead atoms. The van der Waals surface area contributed by atoms with Crippen LogP contribution in [0.1, 0.15) is 33.1 Å². The summed E-state index contributed by atoms with van der Waals surface area (Å²) in [5.41, 5.74) is -0.0920. The number of amides is 1. The zero-order chi connectivity index (χ0) is 16.0. The van der Waals surface area contributed by atoms with Gasteiger partial charge in [-0.1, -0.05) is 20.3 Å². The van der Waals surface area contributed by atoms with Crippen molar-refractivity contribution < 1.29 is 23.5 Å². The maximum Gasteiger partial charge on any atom is 0.308 e. The van der Waals surface area contributed by atoms with E-state index in [0.29, 0.717) is 12.5 Å². The summed E-state index contributed by atoms with van der Waals surface area (Å²) in [6.07, 6.45) is 1.61. The van der Waals surface area contributed by atoms with Crippen molar-refractivity contribution in [3.05, 3.63) is 29.8 Å². The maximum absolute atomic E-state index is 13.9. The van der Waals surface area contributed by atoms with Crippen LogP contribution in [0.15, 0.2) is 18.2 Å². The van der Waals surface area contributed by atoms with Gasteiger partial charge in [0, 0.05) is 19.0 Å². The molecule has 0 spiro atoms. The number of halogens is 2. The van der Waals surface area contributed by atoms with Crippen molar-refractivity contribution >= 4 is 17.6 Å². The van der Waals surface area contributed by atoms with E-state index < -0.39 is 23.5 Å². The molecule has 1 aromatic rings. The normalized spacial score (nSPS) is 12.0. The molecule has 1 aromatic carbocycles. The SMILES string of the molecule is CCCCC(=O)N(CC(C)C(=O)O)c1ccc(F)cc1F. The van der Waals surface area contributed by atoms with Gasteiger partial charge in [0.2, 0.25) is 5.91 Å². The second-order valence-corrected chi connectivity index (χ2v) is 4.94. The molecule has 6 heteroatoms. The summed E-state index contributed by atoms with van der Waals surface area (Å²) in [5, 5.41) is 8.96. The third-order valence-electron chi connectivity index (χ3n) is 3.12. The molecule has 0 radical (unpaired) electrons. The quantitative estimate of drug-likeness (QED) is 0.841. The lowest BCUT2D eigenvalue weighted by molar-refractivity contribution is -0.140. The molecule has 21 heavy (non-hydrogen) atoms. The van der Waals surface area contributed by atoms with Gasteiger partial charge >= 0.3 is 5.97 Å². The minimum absolute atomic E-state index is 0.0920. The Morgan fingerprint density at radius 2 is 2.00 bits per heavy atom. The van der Waals surface area contributed by atoms with Gasteiger partial charge in [-0.15, -0.1) is 0 Å². The summed E-state index contributed by atoms with van der Waals surface area (Å²) in [4.78, 5) is 24.2. The van der Waals surface area contributed by atoms with Gasteiger partial charge in [-0.25, -0.2) is 8.78 Å². The van der Waals surface area contributed by atoms with Gasteiger partial charge in [0.15, 0.2) is 0 Å². The third-order valence-corrected chi connectivity index (χ3v) is 3.12. The van der Waals surface area contributed by atoms with Crippen LogP contribution in [-0.4, -0.2) is 23.5 Å². The Morgan fingerprint density at radius 3 is 2.52 bits per heavy atom. The first-order chi connectivity index (χ1) is 9.86. The van der Waals surface area contributed by atoms with E-state index in [4.69, 9.17) is 5.11 Å². The number of anilines is 1. The third kappa shape index (κ3) is 4.81. The number of nitrogens with zero attached hydrogens (tertiary/aromatic N) is 1. The van der Waals surface area contributed by atoms with Crippen LogP contribution in [-0.2, 0) is 9.59 Å². The van der Waals surface area contributed by atoms with E-state index >= 15 is 0 Å². The molecule has 0 fully saturated rings. The Balaban J connectivity index is 3.05. The molecule has 0 saturated carbocycles. The highest BCUT2D eigenvalue weighted by Gasteiger charge is 2.24. The average Bonchev–Trinajstić information content (AvgIpc) is 2.42. The van der Waals surface area contributed by atoms with Crippen molar-refractivity contribution in [1.29, 1.82) is 0 Å². The number of rotatable bonds is 7. The van der Waals surface area contributed by atoms with E-state index in [9.17, 15) is 18.4 Å². The van der Waals surface area contributed by atoms with Crippen molar-refractivity contribution in [1.82, 2.24) is 0 Å². The van der Waals surface area contributed by atoms with Gasteiger partial charge in [-0.05, 0) is 18.6 Å². The van der Waals surface area contributed by atoms with E-state index in [1.54, 1.807) is 0 Å². The molecule has 1 amide bonds. The van der Waals surface area contributed by atoms with Crippen molar-refractivity contribution in [3.63, 3.8) is 0 Å².